The molecular formula is C11H24S. The maximum absolute atomic E-state index is 4.37. The summed E-state index contributed by atoms with van der Waals surface area (Å²) in [5, 5.41) is 0. The number of hydrogen-bond acceptors (Lipinski definition) is 1. The first kappa shape index (κ1) is 12.3. The Labute approximate surface area is 83.5 Å². The lowest BCUT2D eigenvalue weighted by molar-refractivity contribution is 0.284. The maximum Gasteiger partial charge on any atom is -0.00463 e. The fraction of sp³-hybridized carbons (Fsp3) is 1.00. The summed E-state index contributed by atoms with van der Waals surface area (Å²) in [5.74, 6) is 2.66. The van der Waals surface area contributed by atoms with Gasteiger partial charge in [-0.05, 0) is 35.8 Å². The lowest BCUT2D eigenvalue weighted by atomic mass is 9.82. The van der Waals surface area contributed by atoms with Gasteiger partial charge in [0.05, 0.1) is 0 Å². The van der Waals surface area contributed by atoms with Crippen LogP contribution in [0.4, 0.5) is 0 Å². The first-order chi connectivity index (χ1) is 5.37. The van der Waals surface area contributed by atoms with Crippen molar-refractivity contribution in [2.45, 2.75) is 47.5 Å². The third kappa shape index (κ3) is 5.93. The summed E-state index contributed by atoms with van der Waals surface area (Å²) in [6.45, 7) is 11.5. The van der Waals surface area contributed by atoms with Crippen LogP contribution in [0.15, 0.2) is 0 Å². The smallest absolute Gasteiger partial charge is 0.00463 e. The first-order valence-electron chi connectivity index (χ1n) is 4.98. The van der Waals surface area contributed by atoms with E-state index in [9.17, 15) is 0 Å². The van der Waals surface area contributed by atoms with Crippen molar-refractivity contribution in [1.82, 2.24) is 0 Å². The van der Waals surface area contributed by atoms with Crippen LogP contribution in [0.5, 0.6) is 0 Å². The van der Waals surface area contributed by atoms with Crippen LogP contribution in [0, 0.1) is 17.3 Å². The summed E-state index contributed by atoms with van der Waals surface area (Å²) in [6.07, 6.45) is 2.64. The minimum Gasteiger partial charge on any atom is -0.179 e. The average molecular weight is 188 g/mol. The second-order valence-electron chi connectivity index (χ2n) is 5.26. The summed E-state index contributed by atoms with van der Waals surface area (Å²) >= 11 is 4.37. The van der Waals surface area contributed by atoms with Gasteiger partial charge < -0.3 is 0 Å². The molecular weight excluding hydrogens is 164 g/mol. The Balaban J connectivity index is 3.75. The van der Waals surface area contributed by atoms with E-state index in [-0.39, 0.29) is 0 Å². The predicted molar refractivity (Wildman–Crippen MR) is 60.9 cm³/mol. The van der Waals surface area contributed by atoms with Crippen molar-refractivity contribution >= 4 is 12.6 Å². The van der Waals surface area contributed by atoms with Gasteiger partial charge in [0.15, 0.2) is 0 Å². The quantitative estimate of drug-likeness (QED) is 0.619. The van der Waals surface area contributed by atoms with E-state index < -0.39 is 0 Å². The van der Waals surface area contributed by atoms with Gasteiger partial charge in [-0.25, -0.2) is 0 Å². The minimum atomic E-state index is 0.414. The molecule has 0 spiro atoms. The van der Waals surface area contributed by atoms with Crippen LogP contribution in [0.3, 0.4) is 0 Å². The van der Waals surface area contributed by atoms with Crippen LogP contribution in [0.25, 0.3) is 0 Å². The Kier molecular flexibility index (Phi) is 5.31. The third-order valence-electron chi connectivity index (χ3n) is 2.20. The highest BCUT2D eigenvalue weighted by atomic mass is 32.1. The molecule has 0 fully saturated rings. The first-order valence-corrected chi connectivity index (χ1v) is 5.61. The second-order valence-corrected chi connectivity index (χ2v) is 5.58. The molecule has 1 heteroatoms. The average Bonchev–Trinajstić information content (AvgIpc) is 1.84. The monoisotopic (exact) mass is 188 g/mol. The highest BCUT2D eigenvalue weighted by Crippen LogP contribution is 2.29. The molecule has 0 aromatic carbocycles. The highest BCUT2D eigenvalue weighted by Gasteiger charge is 2.19. The van der Waals surface area contributed by atoms with Gasteiger partial charge in [0.25, 0.3) is 0 Å². The molecule has 0 N–H and O–H groups in total. The molecule has 0 saturated carbocycles. The Morgan fingerprint density at radius 2 is 1.67 bits per heavy atom. The highest BCUT2D eigenvalue weighted by molar-refractivity contribution is 7.80. The molecule has 74 valence electrons. The fourth-order valence-electron chi connectivity index (χ4n) is 1.90. The van der Waals surface area contributed by atoms with Gasteiger partial charge in [0.1, 0.15) is 0 Å². The van der Waals surface area contributed by atoms with Crippen LogP contribution >= 0.6 is 12.6 Å². The zero-order valence-electron chi connectivity index (χ0n) is 9.22. The normalized spacial score (nSPS) is 15.2. The summed E-state index contributed by atoms with van der Waals surface area (Å²) in [7, 11) is 0. The molecule has 0 rings (SSSR count). The molecule has 1 unspecified atom stereocenters. The number of thiol groups is 1. The Bertz CT molecular complexity index is 116. The van der Waals surface area contributed by atoms with Crippen molar-refractivity contribution in [3.05, 3.63) is 0 Å². The van der Waals surface area contributed by atoms with Crippen molar-refractivity contribution in [1.29, 1.82) is 0 Å². The van der Waals surface area contributed by atoms with Gasteiger partial charge >= 0.3 is 0 Å². The van der Waals surface area contributed by atoms with E-state index in [4.69, 9.17) is 0 Å². The molecule has 0 radical (unpaired) electrons. The molecule has 1 atom stereocenters. The van der Waals surface area contributed by atoms with Gasteiger partial charge in [-0.3, -0.25) is 0 Å². The van der Waals surface area contributed by atoms with Crippen molar-refractivity contribution < 1.29 is 0 Å². The second kappa shape index (κ2) is 5.16. The van der Waals surface area contributed by atoms with Crippen LogP contribution in [-0.2, 0) is 0 Å². The van der Waals surface area contributed by atoms with Gasteiger partial charge in [-0.1, -0.05) is 34.6 Å². The van der Waals surface area contributed by atoms with Crippen LogP contribution in [0.1, 0.15) is 47.5 Å². The molecule has 0 aliphatic heterocycles. The lowest BCUT2D eigenvalue weighted by Gasteiger charge is -2.26. The van der Waals surface area contributed by atoms with E-state index in [1.165, 1.54) is 12.8 Å². The largest absolute Gasteiger partial charge is 0.179 e. The van der Waals surface area contributed by atoms with E-state index >= 15 is 0 Å². The predicted octanol–water partition coefficient (Wildman–Crippen LogP) is 4.01. The molecule has 0 aliphatic rings. The minimum absolute atomic E-state index is 0.414. The van der Waals surface area contributed by atoms with Crippen LogP contribution < -0.4 is 0 Å². The number of rotatable bonds is 5. The molecule has 0 nitrogen and oxygen atoms in total. The van der Waals surface area contributed by atoms with Crippen molar-refractivity contribution in [3.8, 4) is 0 Å². The van der Waals surface area contributed by atoms with E-state index in [1.54, 1.807) is 0 Å². The summed E-state index contributed by atoms with van der Waals surface area (Å²) in [5.41, 5.74) is 0.414. The maximum atomic E-state index is 4.37. The van der Waals surface area contributed by atoms with Crippen molar-refractivity contribution in [3.63, 3.8) is 0 Å². The standard InChI is InChI=1S/C11H24S/c1-9(2)6-10(3)7-11(4,5)8-12/h9-10,12H,6-8H2,1-5H3. The van der Waals surface area contributed by atoms with Crippen molar-refractivity contribution in [2.24, 2.45) is 17.3 Å². The molecule has 0 heterocycles. The summed E-state index contributed by atoms with van der Waals surface area (Å²) in [6, 6.07) is 0. The van der Waals surface area contributed by atoms with E-state index in [0.717, 1.165) is 17.6 Å². The van der Waals surface area contributed by atoms with E-state index in [0.29, 0.717) is 5.41 Å². The summed E-state index contributed by atoms with van der Waals surface area (Å²) < 4.78 is 0. The fourth-order valence-corrected chi connectivity index (χ4v) is 2.03. The SMILES string of the molecule is CC(C)CC(C)CC(C)(C)CS. The van der Waals surface area contributed by atoms with Gasteiger partial charge in [0.2, 0.25) is 0 Å². The Hall–Kier alpha value is 0.350. The third-order valence-corrected chi connectivity index (χ3v) is 3.06. The molecule has 12 heavy (non-hydrogen) atoms. The van der Waals surface area contributed by atoms with Gasteiger partial charge in [-0.2, -0.15) is 12.6 Å². The molecule has 0 aromatic heterocycles. The Morgan fingerprint density at radius 3 is 2.00 bits per heavy atom. The number of hydrogen-bond donors (Lipinski definition) is 1. The summed E-state index contributed by atoms with van der Waals surface area (Å²) in [4.78, 5) is 0. The lowest BCUT2D eigenvalue weighted by Crippen LogP contribution is -2.18. The van der Waals surface area contributed by atoms with E-state index in [2.05, 4.69) is 47.2 Å². The Morgan fingerprint density at radius 1 is 1.17 bits per heavy atom. The van der Waals surface area contributed by atoms with Crippen molar-refractivity contribution in [2.75, 3.05) is 5.75 Å². The molecule has 0 aromatic rings. The van der Waals surface area contributed by atoms with Crippen LogP contribution in [0.2, 0.25) is 0 Å². The zero-order valence-corrected chi connectivity index (χ0v) is 10.1. The molecule has 0 amide bonds. The van der Waals surface area contributed by atoms with Crippen LogP contribution in [-0.4, -0.2) is 5.75 Å². The van der Waals surface area contributed by atoms with E-state index in [1.807, 2.05) is 0 Å². The van der Waals surface area contributed by atoms with Gasteiger partial charge in [0, 0.05) is 0 Å². The molecule has 0 saturated heterocycles. The van der Waals surface area contributed by atoms with Gasteiger partial charge in [-0.15, -0.1) is 0 Å². The molecule has 0 aliphatic carbocycles. The molecule has 0 bridgehead atoms. The topological polar surface area (TPSA) is 0 Å². The zero-order chi connectivity index (χ0) is 9.78.